The topological polar surface area (TPSA) is 0 Å². The largest absolute Gasteiger partial charge is 0.371 e. The Hall–Kier alpha value is -1.31. The molecule has 24 heavy (non-hydrogen) atoms. The normalized spacial score (nSPS) is 15.2. The first kappa shape index (κ1) is 20.7. The summed E-state index contributed by atoms with van der Waals surface area (Å²) in [6.07, 6.45) is -3.16. The second-order valence-electron chi connectivity index (χ2n) is 6.06. The smallest absolute Gasteiger partial charge is 0.241 e. The Balaban J connectivity index is 3.53. The minimum atomic E-state index is -5.82. The Bertz CT molecular complexity index is 596. The van der Waals surface area contributed by atoms with Crippen molar-refractivity contribution in [1.82, 2.24) is 0 Å². The zero-order valence-electron chi connectivity index (χ0n) is 13.5. The molecule has 0 aliphatic carbocycles. The molecule has 0 aromatic heterocycles. The predicted molar refractivity (Wildman–Crippen MR) is 83.7 cm³/mol. The summed E-state index contributed by atoms with van der Waals surface area (Å²) in [5.74, 6) is -11.3. The number of hydrogen-bond donors (Lipinski definition) is 0. The van der Waals surface area contributed by atoms with Crippen LogP contribution in [0.15, 0.2) is 30.8 Å². The summed E-state index contributed by atoms with van der Waals surface area (Å²) in [7, 11) is -4.48. The number of alkyl halides is 7. The molecule has 0 saturated heterocycles. The molecule has 1 unspecified atom stereocenters. The van der Waals surface area contributed by atoms with E-state index in [2.05, 4.69) is 6.58 Å². The van der Waals surface area contributed by atoms with Crippen LogP contribution in [-0.4, -0.2) is 31.6 Å². The maximum absolute atomic E-state index is 14.6. The molecule has 0 amide bonds. The minimum absolute atomic E-state index is 0.146. The van der Waals surface area contributed by atoms with Gasteiger partial charge in [-0.15, -0.1) is 0 Å². The van der Waals surface area contributed by atoms with E-state index in [9.17, 15) is 30.7 Å². The highest BCUT2D eigenvalue weighted by Gasteiger charge is 2.78. The van der Waals surface area contributed by atoms with Gasteiger partial charge in [-0.2, -0.15) is 17.6 Å². The molecule has 8 heteroatoms. The van der Waals surface area contributed by atoms with Crippen LogP contribution in [0.25, 0.3) is 6.08 Å². The molecule has 136 valence electrons. The SMILES string of the molecule is C=Cc1ccccc1[Si](C)(C)C(F)(F)C(F)(F)C(F)(F)C(F)CC. The molecule has 0 radical (unpaired) electrons. The van der Waals surface area contributed by atoms with Crippen molar-refractivity contribution in [3.63, 3.8) is 0 Å². The van der Waals surface area contributed by atoms with Crippen molar-refractivity contribution in [3.8, 4) is 0 Å². The van der Waals surface area contributed by atoms with Crippen LogP contribution in [0.1, 0.15) is 18.9 Å². The third-order valence-electron chi connectivity index (χ3n) is 4.20. The van der Waals surface area contributed by atoms with Crippen molar-refractivity contribution in [2.45, 2.75) is 50.0 Å². The summed E-state index contributed by atoms with van der Waals surface area (Å²) in [5, 5.41) is -0.146. The maximum atomic E-state index is 14.6. The number of halogens is 7. The molecule has 0 bridgehead atoms. The summed E-state index contributed by atoms with van der Waals surface area (Å²) >= 11 is 0. The van der Waals surface area contributed by atoms with Gasteiger partial charge in [-0.1, -0.05) is 56.9 Å². The fraction of sp³-hybridized carbons (Fsp3) is 0.500. The van der Waals surface area contributed by atoms with Gasteiger partial charge in [0, 0.05) is 0 Å². The van der Waals surface area contributed by atoms with Crippen LogP contribution >= 0.6 is 0 Å². The van der Waals surface area contributed by atoms with E-state index in [1.54, 1.807) is 0 Å². The lowest BCUT2D eigenvalue weighted by molar-refractivity contribution is -0.302. The molecule has 1 rings (SSSR count). The zero-order chi connectivity index (χ0) is 19.0. The van der Waals surface area contributed by atoms with E-state index in [0.29, 0.717) is 0 Å². The highest BCUT2D eigenvalue weighted by Crippen LogP contribution is 2.52. The molecule has 1 aromatic rings. The number of hydrogen-bond acceptors (Lipinski definition) is 0. The van der Waals surface area contributed by atoms with E-state index in [-0.39, 0.29) is 10.8 Å². The third kappa shape index (κ3) is 2.89. The Morgan fingerprint density at radius 1 is 1.08 bits per heavy atom. The van der Waals surface area contributed by atoms with Crippen LogP contribution in [0.3, 0.4) is 0 Å². The van der Waals surface area contributed by atoms with Crippen molar-refractivity contribution in [3.05, 3.63) is 36.4 Å². The third-order valence-corrected chi connectivity index (χ3v) is 7.89. The van der Waals surface area contributed by atoms with Crippen molar-refractivity contribution in [2.75, 3.05) is 0 Å². The molecule has 0 fully saturated rings. The van der Waals surface area contributed by atoms with Crippen molar-refractivity contribution in [1.29, 1.82) is 0 Å². The fourth-order valence-electron chi connectivity index (χ4n) is 2.47. The van der Waals surface area contributed by atoms with Gasteiger partial charge in [0.25, 0.3) is 0 Å². The van der Waals surface area contributed by atoms with E-state index in [1.807, 2.05) is 0 Å². The Morgan fingerprint density at radius 3 is 2.04 bits per heavy atom. The quantitative estimate of drug-likeness (QED) is 0.442. The lowest BCUT2D eigenvalue weighted by atomic mass is 10.1. The molecule has 1 aromatic carbocycles. The summed E-state index contributed by atoms with van der Waals surface area (Å²) in [6, 6.07) is 5.42. The summed E-state index contributed by atoms with van der Waals surface area (Å²) in [5.41, 5.74) is -4.91. The van der Waals surface area contributed by atoms with Gasteiger partial charge in [-0.3, -0.25) is 0 Å². The van der Waals surface area contributed by atoms with E-state index in [1.165, 1.54) is 30.3 Å². The molecule has 0 heterocycles. The summed E-state index contributed by atoms with van der Waals surface area (Å²) in [4.78, 5) is 0. The molecule has 0 spiro atoms. The van der Waals surface area contributed by atoms with Gasteiger partial charge in [-0.05, 0) is 17.2 Å². The van der Waals surface area contributed by atoms with Gasteiger partial charge >= 0.3 is 17.4 Å². The average Bonchev–Trinajstić information content (AvgIpc) is 2.53. The van der Waals surface area contributed by atoms with E-state index in [4.69, 9.17) is 0 Å². The molecular formula is C16H19F7Si. The highest BCUT2D eigenvalue weighted by molar-refractivity contribution is 6.92. The van der Waals surface area contributed by atoms with Crippen LogP contribution in [0, 0.1) is 0 Å². The number of rotatable bonds is 7. The molecule has 1 atom stereocenters. The summed E-state index contributed by atoms with van der Waals surface area (Å²) in [6.45, 7) is 6.03. The van der Waals surface area contributed by atoms with E-state index in [0.717, 1.165) is 20.0 Å². The second kappa shape index (κ2) is 6.53. The lowest BCUT2D eigenvalue weighted by Crippen LogP contribution is -2.71. The van der Waals surface area contributed by atoms with Crippen LogP contribution in [0.4, 0.5) is 30.7 Å². The maximum Gasteiger partial charge on any atom is 0.371 e. The standard InChI is InChI=1S/C16H19F7Si/c1-5-11-9-7-8-10-12(11)24(3,4)16(22,23)15(20,21)14(18,19)13(17)6-2/h5,7-10,13H,1,6H2,2-4H3. The number of benzene rings is 1. The molecule has 0 N–H and O–H groups in total. The second-order valence-corrected chi connectivity index (χ2v) is 10.5. The lowest BCUT2D eigenvalue weighted by Gasteiger charge is -2.42. The van der Waals surface area contributed by atoms with Gasteiger partial charge in [-0.25, -0.2) is 13.2 Å². The molecule has 0 aliphatic heterocycles. The van der Waals surface area contributed by atoms with E-state index >= 15 is 0 Å². The van der Waals surface area contributed by atoms with Crippen LogP contribution in [0.5, 0.6) is 0 Å². The first-order valence-electron chi connectivity index (χ1n) is 7.28. The minimum Gasteiger partial charge on any atom is -0.241 e. The Morgan fingerprint density at radius 2 is 1.58 bits per heavy atom. The molecule has 0 saturated carbocycles. The fourth-order valence-corrected chi connectivity index (χ4v) is 5.18. The van der Waals surface area contributed by atoms with E-state index < -0.39 is 38.1 Å². The first-order valence-corrected chi connectivity index (χ1v) is 10.3. The molecule has 0 aliphatic rings. The molecule has 0 nitrogen and oxygen atoms in total. The van der Waals surface area contributed by atoms with Gasteiger partial charge in [0.2, 0.25) is 0 Å². The van der Waals surface area contributed by atoms with Crippen molar-refractivity contribution >= 4 is 19.3 Å². The Kier molecular flexibility index (Phi) is 5.64. The zero-order valence-corrected chi connectivity index (χ0v) is 14.5. The molecular weight excluding hydrogens is 353 g/mol. The van der Waals surface area contributed by atoms with Crippen molar-refractivity contribution < 1.29 is 30.7 Å². The first-order chi connectivity index (χ1) is 10.8. The monoisotopic (exact) mass is 372 g/mol. The van der Waals surface area contributed by atoms with Gasteiger partial charge in [0.15, 0.2) is 14.2 Å². The average molecular weight is 372 g/mol. The van der Waals surface area contributed by atoms with Crippen LogP contribution < -0.4 is 5.19 Å². The van der Waals surface area contributed by atoms with Crippen molar-refractivity contribution in [2.24, 2.45) is 0 Å². The van der Waals surface area contributed by atoms with Crippen LogP contribution in [-0.2, 0) is 0 Å². The Labute approximate surface area is 137 Å². The van der Waals surface area contributed by atoms with Gasteiger partial charge in [0.05, 0.1) is 0 Å². The van der Waals surface area contributed by atoms with Gasteiger partial charge in [0.1, 0.15) is 0 Å². The highest BCUT2D eigenvalue weighted by atomic mass is 28.3. The van der Waals surface area contributed by atoms with Gasteiger partial charge < -0.3 is 0 Å². The predicted octanol–water partition coefficient (Wildman–Crippen LogP) is 5.44. The summed E-state index contributed by atoms with van der Waals surface area (Å²) < 4.78 is 98.2. The van der Waals surface area contributed by atoms with Crippen LogP contribution in [0.2, 0.25) is 13.1 Å².